The van der Waals surface area contributed by atoms with Gasteiger partial charge in [-0.1, -0.05) is 193 Å². The van der Waals surface area contributed by atoms with Crippen LogP contribution in [-0.2, 0) is 0 Å². The zero-order valence-corrected chi connectivity index (χ0v) is 52.1. The van der Waals surface area contributed by atoms with Crippen LogP contribution in [0.15, 0.2) is 273 Å². The summed E-state index contributed by atoms with van der Waals surface area (Å²) in [4.78, 5) is 2.72. The van der Waals surface area contributed by atoms with Crippen LogP contribution in [0.1, 0.15) is 47.1 Å². The first-order valence-corrected chi connectivity index (χ1v) is 32.6. The van der Waals surface area contributed by atoms with E-state index in [-0.39, 0.29) is 6.04 Å². The third kappa shape index (κ3) is 7.68. The number of nitriles is 1. The highest BCUT2D eigenvalue weighted by atomic mass is 15.2. The van der Waals surface area contributed by atoms with E-state index in [1.807, 2.05) is 0 Å². The van der Waals surface area contributed by atoms with Crippen molar-refractivity contribution in [3.8, 4) is 62.2 Å². The van der Waals surface area contributed by atoms with E-state index in [1.54, 1.807) is 0 Å². The van der Waals surface area contributed by atoms with E-state index in [2.05, 4.69) is 330 Å². The van der Waals surface area contributed by atoms with Crippen molar-refractivity contribution < 1.29 is 0 Å². The molecule has 6 nitrogen and oxygen atoms in total. The molecule has 0 amide bonds. The number of anilines is 2. The molecule has 4 aromatic heterocycles. The minimum absolute atomic E-state index is 0.121. The van der Waals surface area contributed by atoms with Crippen LogP contribution in [0.5, 0.6) is 0 Å². The van der Waals surface area contributed by atoms with Gasteiger partial charge in [-0.2, -0.15) is 5.26 Å². The van der Waals surface area contributed by atoms with E-state index in [1.165, 1.54) is 71.0 Å². The molecule has 1 saturated carbocycles. The Labute approximate surface area is 538 Å². The Morgan fingerprint density at radius 2 is 0.688 bits per heavy atom. The van der Waals surface area contributed by atoms with Crippen LogP contribution in [0.3, 0.4) is 0 Å². The minimum Gasteiger partial charge on any atom is -0.337 e. The lowest BCUT2D eigenvalue weighted by molar-refractivity contribution is 0.209. The zero-order valence-electron chi connectivity index (χ0n) is 52.1. The smallest absolute Gasteiger partial charge is 0.101 e. The van der Waals surface area contributed by atoms with Crippen molar-refractivity contribution in [3.63, 3.8) is 0 Å². The molecule has 3 atom stereocenters. The zero-order chi connectivity index (χ0) is 61.9. The van der Waals surface area contributed by atoms with Gasteiger partial charge in [-0.25, -0.2) is 0 Å². The summed E-state index contributed by atoms with van der Waals surface area (Å²) in [6.45, 7) is 9.09. The first-order chi connectivity index (χ1) is 45.8. The number of hydrogen-bond donors (Lipinski definition) is 0. The molecule has 6 heterocycles. The normalized spacial score (nSPS) is 15.3. The van der Waals surface area contributed by atoms with E-state index in [0.717, 1.165) is 112 Å². The first kappa shape index (κ1) is 53.2. The fraction of sp³-hybridized carbons (Fsp3) is 0.0920. The largest absolute Gasteiger partial charge is 0.337 e. The van der Waals surface area contributed by atoms with E-state index in [9.17, 15) is 5.26 Å². The third-order valence-corrected chi connectivity index (χ3v) is 20.9. The highest BCUT2D eigenvalue weighted by Crippen LogP contribution is 2.62. The topological polar surface area (TPSA) is 46.8 Å². The number of rotatable bonds is 8. The van der Waals surface area contributed by atoms with Crippen LogP contribution in [0.2, 0.25) is 0 Å². The summed E-state index contributed by atoms with van der Waals surface area (Å²) < 4.78 is 9.82. The molecule has 3 aliphatic rings. The van der Waals surface area contributed by atoms with Crippen molar-refractivity contribution in [2.75, 3.05) is 4.90 Å². The molecule has 1 aliphatic carbocycles. The second-order valence-corrected chi connectivity index (χ2v) is 26.1. The predicted octanol–water partition coefficient (Wildman–Crippen LogP) is 22.5. The van der Waals surface area contributed by atoms with Gasteiger partial charge in [0.2, 0.25) is 0 Å². The van der Waals surface area contributed by atoms with Crippen molar-refractivity contribution in [2.45, 2.75) is 46.1 Å². The van der Waals surface area contributed by atoms with Gasteiger partial charge in [0, 0.05) is 88.6 Å². The summed E-state index contributed by atoms with van der Waals surface area (Å²) in [6.07, 6.45) is 0.993. The maximum Gasteiger partial charge on any atom is 0.101 e. The van der Waals surface area contributed by atoms with Gasteiger partial charge in [0.15, 0.2) is 0 Å². The lowest BCUT2D eigenvalue weighted by atomic mass is 9.62. The van der Waals surface area contributed by atoms with E-state index >= 15 is 0 Å². The Balaban J connectivity index is 1.03. The van der Waals surface area contributed by atoms with Crippen LogP contribution >= 0.6 is 0 Å². The molecular weight excluding hydrogens is 1130 g/mol. The summed E-state index contributed by atoms with van der Waals surface area (Å²) in [6, 6.07) is 104. The fourth-order valence-corrected chi connectivity index (χ4v) is 16.8. The molecule has 93 heavy (non-hydrogen) atoms. The third-order valence-electron chi connectivity index (χ3n) is 20.9. The quantitative estimate of drug-likeness (QED) is 0.152. The van der Waals surface area contributed by atoms with Crippen LogP contribution in [0.4, 0.5) is 11.4 Å². The molecular formula is C87H62N6. The molecule has 20 rings (SSSR count). The molecule has 0 N–H and O–H groups in total. The van der Waals surface area contributed by atoms with Crippen LogP contribution < -0.4 is 4.90 Å². The average molecular weight is 1190 g/mol. The molecule has 2 aliphatic heterocycles. The van der Waals surface area contributed by atoms with E-state index in [0.29, 0.717) is 17.4 Å². The van der Waals surface area contributed by atoms with Crippen LogP contribution in [-0.4, -0.2) is 24.3 Å². The highest BCUT2D eigenvalue weighted by Gasteiger charge is 2.50. The Kier molecular flexibility index (Phi) is 11.5. The van der Waals surface area contributed by atoms with Crippen molar-refractivity contribution in [1.82, 2.24) is 18.3 Å². The van der Waals surface area contributed by atoms with Crippen molar-refractivity contribution in [1.29, 1.82) is 5.26 Å². The van der Waals surface area contributed by atoms with Crippen LogP contribution in [0.25, 0.3) is 143 Å². The van der Waals surface area contributed by atoms with Gasteiger partial charge in [0.25, 0.3) is 0 Å². The highest BCUT2D eigenvalue weighted by molar-refractivity contribution is 6.16. The van der Waals surface area contributed by atoms with Gasteiger partial charge in [-0.15, -0.1) is 0 Å². The number of aryl methyl sites for hydroxylation is 3. The molecule has 2 unspecified atom stereocenters. The SMILES string of the molecule is Cc1ccc2c(c1)C1CC([C@@H]1C)N2c1c(-c2cccc(-n3c4ccccc4c4ccccc43)c2)c(C#N)c(-c2cccc(-n3c4ccccc4c4ccccc43)c2)c(-n2c3ccc(C)cc3c3cc(C)ccc32)c1-c1cccc(-n2c3ccccc3c3ccccc32)c1. The average Bonchev–Trinajstić information content (AvgIpc) is 1.70. The van der Waals surface area contributed by atoms with E-state index in [4.69, 9.17) is 0 Å². The first-order valence-electron chi connectivity index (χ1n) is 32.6. The summed E-state index contributed by atoms with van der Waals surface area (Å²) in [5.41, 5.74) is 26.5. The molecule has 17 aromatic rings. The molecule has 1 fully saturated rings. The number of nitrogens with zero attached hydrogens (tertiary/aromatic N) is 6. The summed E-state index contributed by atoms with van der Waals surface area (Å²) >= 11 is 0. The minimum atomic E-state index is 0.121. The molecule has 13 aromatic carbocycles. The Morgan fingerprint density at radius 3 is 1.09 bits per heavy atom. The molecule has 2 bridgehead atoms. The Hall–Kier alpha value is -11.7. The molecule has 0 saturated heterocycles. The van der Waals surface area contributed by atoms with Gasteiger partial charge < -0.3 is 23.2 Å². The maximum absolute atomic E-state index is 13.1. The van der Waals surface area contributed by atoms with Crippen molar-refractivity contribution >= 4 is 98.6 Å². The lowest BCUT2D eigenvalue weighted by Crippen LogP contribution is -2.53. The number of fused-ring (bicyclic) bond motifs is 12. The molecule has 0 spiro atoms. The summed E-state index contributed by atoms with van der Waals surface area (Å²) in [5.74, 6) is 0.732. The lowest BCUT2D eigenvalue weighted by Gasteiger charge is -2.56. The van der Waals surface area contributed by atoms with Crippen molar-refractivity contribution in [3.05, 3.63) is 301 Å². The van der Waals surface area contributed by atoms with Gasteiger partial charge >= 0.3 is 0 Å². The van der Waals surface area contributed by atoms with Crippen molar-refractivity contribution in [2.24, 2.45) is 5.92 Å². The van der Waals surface area contributed by atoms with E-state index < -0.39 is 0 Å². The Bertz CT molecular complexity index is 5870. The number of benzene rings is 13. The second kappa shape index (κ2) is 20.2. The monoisotopic (exact) mass is 1190 g/mol. The van der Waals surface area contributed by atoms with Crippen LogP contribution in [0, 0.1) is 38.0 Å². The molecule has 6 heteroatoms. The van der Waals surface area contributed by atoms with Gasteiger partial charge in [-0.05, 0) is 164 Å². The maximum atomic E-state index is 13.1. The summed E-state index contributed by atoms with van der Waals surface area (Å²) in [7, 11) is 0. The predicted molar refractivity (Wildman–Crippen MR) is 388 cm³/mol. The van der Waals surface area contributed by atoms with Gasteiger partial charge in [0.05, 0.1) is 61.1 Å². The second-order valence-electron chi connectivity index (χ2n) is 26.1. The molecule has 0 radical (unpaired) electrons. The molecule has 440 valence electrons. The Morgan fingerprint density at radius 1 is 0.333 bits per heavy atom. The number of hydrogen-bond acceptors (Lipinski definition) is 2. The van der Waals surface area contributed by atoms with Gasteiger partial charge in [0.1, 0.15) is 6.07 Å². The fourth-order valence-electron chi connectivity index (χ4n) is 16.8. The number of aromatic nitrogens is 4. The standard InChI is InChI=1S/C87H62N6/c1-52-38-41-79-69(44-52)68-50-82(55(68)4)93(79)87-84(57-21-18-24-60(48-57)90-75-34-13-7-28-64(75)65-29-8-14-35-76(65)90)72(51-88)83(56-20-17-23-59(47-56)89-73-32-11-5-26-62(73)63-27-6-12-33-74(63)89)86(92-80-42-39-53(2)45-70(80)71-46-54(3)40-43-81(71)92)85(87)58-22-19-25-61(49-58)91-77-36-15-9-30-66(77)67-31-10-16-37-78(67)91/h5-49,55,68,82H,50H2,1-4H3/t55-,68?,82?/m1/s1. The number of para-hydroxylation sites is 6. The van der Waals surface area contributed by atoms with Gasteiger partial charge in [-0.3, -0.25) is 0 Å². The summed E-state index contributed by atoms with van der Waals surface area (Å²) in [5, 5.41) is 22.7.